The minimum atomic E-state index is -1.53. The van der Waals surface area contributed by atoms with Gasteiger partial charge in [-0.05, 0) is 18.2 Å². The molecule has 0 heterocycles. The summed E-state index contributed by atoms with van der Waals surface area (Å²) in [5.41, 5.74) is -0.0830. The first kappa shape index (κ1) is 16.1. The number of halogens is 2. The molecule has 0 aliphatic heterocycles. The molecule has 0 saturated carbocycles. The van der Waals surface area contributed by atoms with E-state index in [0.29, 0.717) is 0 Å². The van der Waals surface area contributed by atoms with E-state index < -0.39 is 23.4 Å². The maximum atomic E-state index is 13.3. The van der Waals surface area contributed by atoms with Crippen LogP contribution in [0.25, 0.3) is 0 Å². The van der Waals surface area contributed by atoms with Gasteiger partial charge in [-0.1, -0.05) is 11.6 Å². The number of nitrogens with zero attached hydrogens (tertiary/aromatic N) is 1. The molecule has 0 aliphatic rings. The van der Waals surface area contributed by atoms with Gasteiger partial charge in [-0.3, -0.25) is 9.59 Å². The lowest BCUT2D eigenvalue weighted by Crippen LogP contribution is -2.36. The Labute approximate surface area is 120 Å². The molecule has 20 heavy (non-hydrogen) atoms. The third kappa shape index (κ3) is 4.02. The van der Waals surface area contributed by atoms with Gasteiger partial charge in [0.25, 0.3) is 0 Å². The number of methoxy groups -OCH3 is 1. The quantitative estimate of drug-likeness (QED) is 0.491. The second-order valence-electron chi connectivity index (χ2n) is 3.84. The summed E-state index contributed by atoms with van der Waals surface area (Å²) in [6.07, 6.45) is 0. The van der Waals surface area contributed by atoms with Gasteiger partial charge in [0.05, 0.1) is 17.7 Å². The highest BCUT2D eigenvalue weighted by atomic mass is 35.5. The van der Waals surface area contributed by atoms with Crippen LogP contribution in [-0.2, 0) is 9.53 Å². The second-order valence-corrected chi connectivity index (χ2v) is 4.25. The van der Waals surface area contributed by atoms with E-state index in [1.165, 1.54) is 19.2 Å². The third-order valence-electron chi connectivity index (χ3n) is 2.46. The van der Waals surface area contributed by atoms with Crippen molar-refractivity contribution >= 4 is 23.3 Å². The topological polar surface area (TPSA) is 79.2 Å². The summed E-state index contributed by atoms with van der Waals surface area (Å²) >= 11 is 5.50. The van der Waals surface area contributed by atoms with Crippen molar-refractivity contribution in [1.82, 2.24) is 5.32 Å². The molecule has 0 radical (unpaired) electrons. The highest BCUT2D eigenvalue weighted by Gasteiger charge is 2.27. The summed E-state index contributed by atoms with van der Waals surface area (Å²) in [6, 6.07) is 4.96. The minimum Gasteiger partial charge on any atom is -0.383 e. The van der Waals surface area contributed by atoms with Gasteiger partial charge in [0, 0.05) is 19.2 Å². The first-order valence-corrected chi connectivity index (χ1v) is 6.04. The number of rotatable bonds is 6. The molecule has 5 nitrogen and oxygen atoms in total. The summed E-state index contributed by atoms with van der Waals surface area (Å²) in [5.74, 6) is -3.84. The summed E-state index contributed by atoms with van der Waals surface area (Å²) in [4.78, 5) is 23.7. The van der Waals surface area contributed by atoms with Crippen molar-refractivity contribution in [2.75, 3.05) is 20.3 Å². The van der Waals surface area contributed by atoms with Gasteiger partial charge in [-0.15, -0.1) is 0 Å². The summed E-state index contributed by atoms with van der Waals surface area (Å²) in [7, 11) is 1.45. The number of nitrogens with one attached hydrogen (secondary N) is 1. The number of nitriles is 1. The molecule has 7 heteroatoms. The van der Waals surface area contributed by atoms with Gasteiger partial charge < -0.3 is 10.1 Å². The lowest BCUT2D eigenvalue weighted by Gasteiger charge is -2.09. The van der Waals surface area contributed by atoms with Crippen LogP contribution in [0.2, 0.25) is 5.02 Å². The molecule has 0 aromatic heterocycles. The Morgan fingerprint density at radius 2 is 2.25 bits per heavy atom. The molecule has 1 aromatic rings. The first-order valence-electron chi connectivity index (χ1n) is 5.66. The Balaban J connectivity index is 2.84. The van der Waals surface area contributed by atoms with E-state index in [1.54, 1.807) is 6.07 Å². The zero-order valence-electron chi connectivity index (χ0n) is 10.7. The van der Waals surface area contributed by atoms with Crippen LogP contribution in [-0.4, -0.2) is 32.0 Å². The standard InChI is InChI=1S/C13H12ClFN2O3/c1-20-5-4-17-13(19)9(7-16)12(18)8-2-3-10(14)11(15)6-8/h2-3,6,9H,4-5H2,1H3,(H,17,19). The van der Waals surface area contributed by atoms with Crippen LogP contribution in [0, 0.1) is 23.1 Å². The van der Waals surface area contributed by atoms with Crippen molar-refractivity contribution in [3.8, 4) is 6.07 Å². The average Bonchev–Trinajstić information content (AvgIpc) is 2.43. The monoisotopic (exact) mass is 298 g/mol. The van der Waals surface area contributed by atoms with Crippen LogP contribution in [0.5, 0.6) is 0 Å². The summed E-state index contributed by atoms with van der Waals surface area (Å²) in [6.45, 7) is 0.434. The lowest BCUT2D eigenvalue weighted by atomic mass is 9.98. The molecule has 0 aliphatic carbocycles. The lowest BCUT2D eigenvalue weighted by molar-refractivity contribution is -0.122. The number of amides is 1. The smallest absolute Gasteiger partial charge is 0.245 e. The molecule has 1 unspecified atom stereocenters. The molecule has 0 bridgehead atoms. The van der Waals surface area contributed by atoms with E-state index in [2.05, 4.69) is 5.32 Å². The first-order chi connectivity index (χ1) is 9.51. The molecule has 1 amide bonds. The zero-order valence-corrected chi connectivity index (χ0v) is 11.4. The van der Waals surface area contributed by atoms with E-state index in [1.807, 2.05) is 0 Å². The van der Waals surface area contributed by atoms with Crippen molar-refractivity contribution in [2.45, 2.75) is 0 Å². The number of hydrogen-bond acceptors (Lipinski definition) is 4. The largest absolute Gasteiger partial charge is 0.383 e. The molecular formula is C13H12ClFN2O3. The van der Waals surface area contributed by atoms with E-state index >= 15 is 0 Å². The van der Waals surface area contributed by atoms with Gasteiger partial charge in [-0.25, -0.2) is 4.39 Å². The molecule has 1 rings (SSSR count). The van der Waals surface area contributed by atoms with Gasteiger partial charge in [0.1, 0.15) is 5.82 Å². The molecular weight excluding hydrogens is 287 g/mol. The molecule has 0 spiro atoms. The van der Waals surface area contributed by atoms with Crippen LogP contribution in [0.1, 0.15) is 10.4 Å². The van der Waals surface area contributed by atoms with Crippen LogP contribution >= 0.6 is 11.6 Å². The predicted octanol–water partition coefficient (Wildman–Crippen LogP) is 1.56. The van der Waals surface area contributed by atoms with Crippen molar-refractivity contribution in [2.24, 2.45) is 5.92 Å². The van der Waals surface area contributed by atoms with Crippen LogP contribution in [0.15, 0.2) is 18.2 Å². The van der Waals surface area contributed by atoms with E-state index in [0.717, 1.165) is 6.07 Å². The molecule has 0 saturated heterocycles. The number of ketones is 1. The molecule has 1 aromatic carbocycles. The fraction of sp³-hybridized carbons (Fsp3) is 0.308. The average molecular weight is 299 g/mol. The second kappa shape index (κ2) is 7.58. The molecule has 0 fully saturated rings. The van der Waals surface area contributed by atoms with E-state index in [9.17, 15) is 14.0 Å². The van der Waals surface area contributed by atoms with Crippen LogP contribution in [0.3, 0.4) is 0 Å². The SMILES string of the molecule is COCCNC(=O)C(C#N)C(=O)c1ccc(Cl)c(F)c1. The Bertz CT molecular complexity index is 557. The normalized spacial score (nSPS) is 11.5. The fourth-order valence-electron chi connectivity index (χ4n) is 1.43. The highest BCUT2D eigenvalue weighted by Crippen LogP contribution is 2.18. The van der Waals surface area contributed by atoms with Crippen molar-refractivity contribution in [1.29, 1.82) is 5.26 Å². The summed E-state index contributed by atoms with van der Waals surface area (Å²) in [5, 5.41) is 11.2. The van der Waals surface area contributed by atoms with Gasteiger partial charge in [-0.2, -0.15) is 5.26 Å². The number of carbonyl (C=O) groups is 2. The number of hydrogen-bond donors (Lipinski definition) is 1. The molecule has 1 atom stereocenters. The van der Waals surface area contributed by atoms with Gasteiger partial charge >= 0.3 is 0 Å². The molecule has 1 N–H and O–H groups in total. The van der Waals surface area contributed by atoms with Crippen molar-refractivity contribution in [3.63, 3.8) is 0 Å². The van der Waals surface area contributed by atoms with Crippen LogP contribution < -0.4 is 5.32 Å². The summed E-state index contributed by atoms with van der Waals surface area (Å²) < 4.78 is 18.0. The number of carbonyl (C=O) groups excluding carboxylic acids is 2. The zero-order chi connectivity index (χ0) is 15.1. The third-order valence-corrected chi connectivity index (χ3v) is 2.77. The number of Topliss-reactive ketones (excluding diaryl/α,β-unsaturated/α-hetero) is 1. The fourth-order valence-corrected chi connectivity index (χ4v) is 1.55. The minimum absolute atomic E-state index is 0.0830. The predicted molar refractivity (Wildman–Crippen MR) is 69.7 cm³/mol. The highest BCUT2D eigenvalue weighted by molar-refractivity contribution is 6.30. The Morgan fingerprint density at radius 1 is 1.55 bits per heavy atom. The van der Waals surface area contributed by atoms with Crippen molar-refractivity contribution in [3.05, 3.63) is 34.6 Å². The Morgan fingerprint density at radius 3 is 2.80 bits per heavy atom. The van der Waals surface area contributed by atoms with E-state index in [-0.39, 0.29) is 23.7 Å². The number of benzene rings is 1. The Kier molecular flexibility index (Phi) is 6.10. The van der Waals surface area contributed by atoms with E-state index in [4.69, 9.17) is 21.6 Å². The maximum absolute atomic E-state index is 13.3. The van der Waals surface area contributed by atoms with Crippen molar-refractivity contribution < 1.29 is 18.7 Å². The van der Waals surface area contributed by atoms with Crippen LogP contribution in [0.4, 0.5) is 4.39 Å². The Hall–Kier alpha value is -1.97. The van der Waals surface area contributed by atoms with Gasteiger partial charge in [0.15, 0.2) is 11.7 Å². The van der Waals surface area contributed by atoms with Gasteiger partial charge in [0.2, 0.25) is 5.91 Å². The number of ether oxygens (including phenoxy) is 1. The molecule has 106 valence electrons. The maximum Gasteiger partial charge on any atom is 0.245 e.